The SMILES string of the molecule is Cc1ccc(C(=O)N2CC(C)OC(CBr)C2)c(Cl)c1. The van der Waals surface area contributed by atoms with Gasteiger partial charge in [0.1, 0.15) is 0 Å². The molecule has 1 aliphatic heterocycles. The first-order valence-corrected chi connectivity index (χ1v) is 7.78. The lowest BCUT2D eigenvalue weighted by atomic mass is 10.1. The van der Waals surface area contributed by atoms with Crippen LogP contribution in [0.1, 0.15) is 22.8 Å². The minimum absolute atomic E-state index is 0.0221. The Labute approximate surface area is 127 Å². The molecule has 5 heteroatoms. The van der Waals surface area contributed by atoms with Crippen molar-refractivity contribution < 1.29 is 9.53 Å². The third kappa shape index (κ3) is 3.50. The first-order chi connectivity index (χ1) is 9.01. The van der Waals surface area contributed by atoms with Gasteiger partial charge in [0, 0.05) is 18.4 Å². The van der Waals surface area contributed by atoms with Crippen LogP contribution in [-0.2, 0) is 4.74 Å². The molecule has 2 unspecified atom stereocenters. The average Bonchev–Trinajstić information content (AvgIpc) is 2.37. The molecule has 2 rings (SSSR count). The molecule has 0 spiro atoms. The van der Waals surface area contributed by atoms with Gasteiger partial charge in [-0.2, -0.15) is 0 Å². The fourth-order valence-corrected chi connectivity index (χ4v) is 2.93. The van der Waals surface area contributed by atoms with Crippen LogP contribution in [-0.4, -0.2) is 41.4 Å². The van der Waals surface area contributed by atoms with Crippen LogP contribution >= 0.6 is 27.5 Å². The monoisotopic (exact) mass is 345 g/mol. The van der Waals surface area contributed by atoms with Gasteiger partial charge in [-0.15, -0.1) is 0 Å². The molecule has 1 aromatic rings. The lowest BCUT2D eigenvalue weighted by Crippen LogP contribution is -2.49. The fourth-order valence-electron chi connectivity index (χ4n) is 2.26. The van der Waals surface area contributed by atoms with Gasteiger partial charge in [-0.3, -0.25) is 4.79 Å². The summed E-state index contributed by atoms with van der Waals surface area (Å²) in [6, 6.07) is 5.52. The quantitative estimate of drug-likeness (QED) is 0.769. The smallest absolute Gasteiger partial charge is 0.255 e. The summed E-state index contributed by atoms with van der Waals surface area (Å²) in [7, 11) is 0. The Morgan fingerprint density at radius 1 is 1.53 bits per heavy atom. The number of alkyl halides is 1. The second-order valence-corrected chi connectivity index (χ2v) is 5.97. The number of aryl methyl sites for hydroxylation is 1. The van der Waals surface area contributed by atoms with Crippen molar-refractivity contribution in [3.8, 4) is 0 Å². The second kappa shape index (κ2) is 6.25. The Balaban J connectivity index is 2.18. The van der Waals surface area contributed by atoms with Crippen molar-refractivity contribution in [2.45, 2.75) is 26.1 Å². The topological polar surface area (TPSA) is 29.5 Å². The molecule has 0 aliphatic carbocycles. The first kappa shape index (κ1) is 14.8. The summed E-state index contributed by atoms with van der Waals surface area (Å²) in [5.41, 5.74) is 1.62. The van der Waals surface area contributed by atoms with E-state index in [0.717, 1.165) is 10.9 Å². The van der Waals surface area contributed by atoms with E-state index in [0.29, 0.717) is 23.7 Å². The number of halogens is 2. The van der Waals surface area contributed by atoms with E-state index >= 15 is 0 Å². The molecule has 1 aromatic carbocycles. The molecule has 0 radical (unpaired) electrons. The van der Waals surface area contributed by atoms with E-state index in [4.69, 9.17) is 16.3 Å². The van der Waals surface area contributed by atoms with E-state index in [9.17, 15) is 4.79 Å². The zero-order valence-corrected chi connectivity index (χ0v) is 13.4. The second-order valence-electron chi connectivity index (χ2n) is 4.92. The Bertz CT molecular complexity index is 481. The molecular formula is C14H17BrClNO2. The summed E-state index contributed by atoms with van der Waals surface area (Å²) in [6.07, 6.45) is 0.0846. The van der Waals surface area contributed by atoms with Crippen molar-refractivity contribution in [3.63, 3.8) is 0 Å². The van der Waals surface area contributed by atoms with Gasteiger partial charge in [-0.1, -0.05) is 33.6 Å². The van der Waals surface area contributed by atoms with Crippen LogP contribution in [0.4, 0.5) is 0 Å². The predicted octanol–water partition coefficient (Wildman–Crippen LogP) is 3.27. The third-order valence-electron chi connectivity index (χ3n) is 3.14. The van der Waals surface area contributed by atoms with Crippen molar-refractivity contribution in [2.75, 3.05) is 18.4 Å². The summed E-state index contributed by atoms with van der Waals surface area (Å²) >= 11 is 9.57. The molecule has 104 valence electrons. The zero-order chi connectivity index (χ0) is 14.0. The van der Waals surface area contributed by atoms with Crippen LogP contribution in [0.3, 0.4) is 0 Å². The first-order valence-electron chi connectivity index (χ1n) is 6.28. The molecule has 1 saturated heterocycles. The molecule has 0 aromatic heterocycles. The van der Waals surface area contributed by atoms with Gasteiger partial charge in [0.15, 0.2) is 0 Å². The minimum atomic E-state index is -0.0221. The number of ether oxygens (including phenoxy) is 1. The van der Waals surface area contributed by atoms with Crippen LogP contribution in [0, 0.1) is 6.92 Å². The normalized spacial score (nSPS) is 23.5. The Morgan fingerprint density at radius 2 is 2.26 bits per heavy atom. The number of amides is 1. The van der Waals surface area contributed by atoms with E-state index in [1.807, 2.05) is 30.9 Å². The van der Waals surface area contributed by atoms with Crippen molar-refractivity contribution in [3.05, 3.63) is 34.3 Å². The minimum Gasteiger partial charge on any atom is -0.371 e. The lowest BCUT2D eigenvalue weighted by Gasteiger charge is -2.36. The van der Waals surface area contributed by atoms with Gasteiger partial charge in [-0.25, -0.2) is 0 Å². The van der Waals surface area contributed by atoms with Crippen LogP contribution in [0.5, 0.6) is 0 Å². The molecular weight excluding hydrogens is 330 g/mol. The number of carbonyl (C=O) groups is 1. The Hall–Kier alpha value is -0.580. The number of hydrogen-bond acceptors (Lipinski definition) is 2. The number of morpholine rings is 1. The number of hydrogen-bond donors (Lipinski definition) is 0. The van der Waals surface area contributed by atoms with Crippen molar-refractivity contribution in [1.29, 1.82) is 0 Å². The summed E-state index contributed by atoms with van der Waals surface area (Å²) in [4.78, 5) is 14.3. The van der Waals surface area contributed by atoms with Crippen LogP contribution in [0.25, 0.3) is 0 Å². The molecule has 0 bridgehead atoms. The number of rotatable bonds is 2. The maximum absolute atomic E-state index is 12.5. The van der Waals surface area contributed by atoms with E-state index in [-0.39, 0.29) is 18.1 Å². The van der Waals surface area contributed by atoms with E-state index in [1.54, 1.807) is 6.07 Å². The highest BCUT2D eigenvalue weighted by molar-refractivity contribution is 9.09. The highest BCUT2D eigenvalue weighted by atomic mass is 79.9. The summed E-state index contributed by atoms with van der Waals surface area (Å²) in [5, 5.41) is 1.24. The van der Waals surface area contributed by atoms with E-state index in [1.165, 1.54) is 0 Å². The summed E-state index contributed by atoms with van der Waals surface area (Å²) in [5.74, 6) is -0.0221. The molecule has 1 amide bonds. The van der Waals surface area contributed by atoms with Crippen LogP contribution < -0.4 is 0 Å². The molecule has 2 atom stereocenters. The maximum Gasteiger partial charge on any atom is 0.255 e. The lowest BCUT2D eigenvalue weighted by molar-refractivity contribution is -0.0559. The Morgan fingerprint density at radius 3 is 2.89 bits per heavy atom. The maximum atomic E-state index is 12.5. The number of benzene rings is 1. The van der Waals surface area contributed by atoms with Crippen molar-refractivity contribution >= 4 is 33.4 Å². The highest BCUT2D eigenvalue weighted by Crippen LogP contribution is 2.22. The Kier molecular flexibility index (Phi) is 4.87. The molecule has 3 nitrogen and oxygen atoms in total. The van der Waals surface area contributed by atoms with E-state index < -0.39 is 0 Å². The van der Waals surface area contributed by atoms with Crippen LogP contribution in [0.15, 0.2) is 18.2 Å². The average molecular weight is 347 g/mol. The molecule has 19 heavy (non-hydrogen) atoms. The molecule has 0 N–H and O–H groups in total. The molecule has 0 saturated carbocycles. The number of nitrogens with zero attached hydrogens (tertiary/aromatic N) is 1. The van der Waals surface area contributed by atoms with Crippen LogP contribution in [0.2, 0.25) is 5.02 Å². The standard InChI is InChI=1S/C14H17BrClNO2/c1-9-3-4-12(13(16)5-9)14(18)17-7-10(2)19-11(6-15)8-17/h3-5,10-11H,6-8H2,1-2H3. The summed E-state index contributed by atoms with van der Waals surface area (Å²) in [6.45, 7) is 5.13. The van der Waals surface area contributed by atoms with Gasteiger partial charge in [0.05, 0.1) is 22.8 Å². The highest BCUT2D eigenvalue weighted by Gasteiger charge is 2.29. The molecule has 1 fully saturated rings. The largest absolute Gasteiger partial charge is 0.371 e. The third-order valence-corrected chi connectivity index (χ3v) is 4.18. The van der Waals surface area contributed by atoms with Gasteiger partial charge < -0.3 is 9.64 Å². The fraction of sp³-hybridized carbons (Fsp3) is 0.500. The summed E-state index contributed by atoms with van der Waals surface area (Å²) < 4.78 is 5.73. The van der Waals surface area contributed by atoms with Crippen molar-refractivity contribution in [1.82, 2.24) is 4.90 Å². The van der Waals surface area contributed by atoms with Gasteiger partial charge in [0.25, 0.3) is 5.91 Å². The molecule has 1 aliphatic rings. The van der Waals surface area contributed by atoms with E-state index in [2.05, 4.69) is 15.9 Å². The van der Waals surface area contributed by atoms with Crippen molar-refractivity contribution in [2.24, 2.45) is 0 Å². The predicted molar refractivity (Wildman–Crippen MR) is 80.2 cm³/mol. The molecule has 1 heterocycles. The van der Waals surface area contributed by atoms with Gasteiger partial charge in [0.2, 0.25) is 0 Å². The van der Waals surface area contributed by atoms with Gasteiger partial charge in [-0.05, 0) is 31.5 Å². The zero-order valence-electron chi connectivity index (χ0n) is 11.0. The number of carbonyl (C=O) groups excluding carboxylic acids is 1. The van der Waals surface area contributed by atoms with Gasteiger partial charge >= 0.3 is 0 Å².